The van der Waals surface area contributed by atoms with Crippen LogP contribution in [0.15, 0.2) is 67.1 Å². The SMILES string of the molecule is Cc1ccc(Cn2nccc2-c2cc(Cl)c3nnn(-c4ccc5cn[nH]c5c4)c3c2)[n+]([O-])c1. The van der Waals surface area contributed by atoms with E-state index in [1.54, 1.807) is 28.0 Å². The molecule has 0 saturated carbocycles. The second-order valence-electron chi connectivity index (χ2n) is 7.87. The largest absolute Gasteiger partial charge is 0.618 e. The van der Waals surface area contributed by atoms with Gasteiger partial charge in [-0.25, -0.2) is 4.68 Å². The lowest BCUT2D eigenvalue weighted by molar-refractivity contribution is -0.614. The summed E-state index contributed by atoms with van der Waals surface area (Å²) in [6, 6.07) is 15.3. The minimum absolute atomic E-state index is 0.329. The summed E-state index contributed by atoms with van der Waals surface area (Å²) in [6.45, 7) is 2.21. The van der Waals surface area contributed by atoms with Gasteiger partial charge >= 0.3 is 0 Å². The van der Waals surface area contributed by atoms with E-state index in [-0.39, 0.29) is 0 Å². The first-order chi connectivity index (χ1) is 16.1. The molecule has 2 aromatic carbocycles. The molecule has 0 saturated heterocycles. The van der Waals surface area contributed by atoms with Crippen LogP contribution in [0.5, 0.6) is 0 Å². The number of rotatable bonds is 4. The highest BCUT2D eigenvalue weighted by molar-refractivity contribution is 6.35. The minimum atomic E-state index is 0.329. The molecule has 0 spiro atoms. The third-order valence-corrected chi connectivity index (χ3v) is 5.93. The molecule has 1 N–H and O–H groups in total. The molecule has 0 radical (unpaired) electrons. The van der Waals surface area contributed by atoms with Gasteiger partial charge in [0.25, 0.3) is 0 Å². The van der Waals surface area contributed by atoms with Crippen LogP contribution in [-0.2, 0) is 6.54 Å². The average molecular weight is 457 g/mol. The lowest BCUT2D eigenvalue weighted by Gasteiger charge is -2.10. The number of halogens is 1. The van der Waals surface area contributed by atoms with Crippen LogP contribution in [0.2, 0.25) is 5.02 Å². The van der Waals surface area contributed by atoms with Gasteiger partial charge in [-0.05, 0) is 49.4 Å². The molecule has 0 unspecified atom stereocenters. The maximum Gasteiger partial charge on any atom is 0.214 e. The van der Waals surface area contributed by atoms with E-state index in [2.05, 4.69) is 25.6 Å². The lowest BCUT2D eigenvalue weighted by atomic mass is 10.1. The Labute approximate surface area is 192 Å². The zero-order valence-corrected chi connectivity index (χ0v) is 18.2. The number of fused-ring (bicyclic) bond motifs is 2. The summed E-state index contributed by atoms with van der Waals surface area (Å²) < 4.78 is 4.40. The van der Waals surface area contributed by atoms with Crippen LogP contribution < -0.4 is 4.73 Å². The van der Waals surface area contributed by atoms with Crippen LogP contribution in [0.25, 0.3) is 38.9 Å². The van der Waals surface area contributed by atoms with Crippen molar-refractivity contribution in [3.8, 4) is 16.9 Å². The van der Waals surface area contributed by atoms with Gasteiger partial charge in [0.05, 0.1) is 33.6 Å². The molecule has 4 aromatic heterocycles. The van der Waals surface area contributed by atoms with Crippen molar-refractivity contribution < 1.29 is 4.73 Å². The third-order valence-electron chi connectivity index (χ3n) is 5.64. The van der Waals surface area contributed by atoms with Crippen molar-refractivity contribution >= 4 is 33.5 Å². The zero-order chi connectivity index (χ0) is 22.5. The highest BCUT2D eigenvalue weighted by atomic mass is 35.5. The van der Waals surface area contributed by atoms with E-state index < -0.39 is 0 Å². The lowest BCUT2D eigenvalue weighted by Crippen LogP contribution is -2.33. The number of H-pyrrole nitrogens is 1. The molecule has 6 rings (SSSR count). The molecule has 0 fully saturated rings. The molecule has 33 heavy (non-hydrogen) atoms. The van der Waals surface area contributed by atoms with E-state index in [1.165, 1.54) is 0 Å². The van der Waals surface area contributed by atoms with E-state index in [0.29, 0.717) is 22.8 Å². The van der Waals surface area contributed by atoms with Gasteiger partial charge in [-0.3, -0.25) is 9.78 Å². The van der Waals surface area contributed by atoms with Gasteiger partial charge in [-0.15, -0.1) is 5.10 Å². The van der Waals surface area contributed by atoms with Crippen LogP contribution in [0, 0.1) is 12.1 Å². The van der Waals surface area contributed by atoms with Gasteiger partial charge in [0.2, 0.25) is 5.69 Å². The number of aromatic amines is 1. The second kappa shape index (κ2) is 7.42. The zero-order valence-electron chi connectivity index (χ0n) is 17.5. The number of pyridine rings is 1. The smallest absolute Gasteiger partial charge is 0.214 e. The minimum Gasteiger partial charge on any atom is -0.618 e. The predicted molar refractivity (Wildman–Crippen MR) is 124 cm³/mol. The summed E-state index contributed by atoms with van der Waals surface area (Å²) in [4.78, 5) is 0. The average Bonchev–Trinajstić information content (AvgIpc) is 3.54. The standard InChI is InChI=1S/C23H17ClN8O/c1-14-2-4-18(31(33)12-14)13-30-21(6-7-26-30)16-8-19(24)23-22(9-16)32(29-28-23)17-5-3-15-11-25-27-20(15)10-17/h2-12H,13H2,1H3,(H,25,27). The Morgan fingerprint density at radius 2 is 2.03 bits per heavy atom. The van der Waals surface area contributed by atoms with Crippen LogP contribution in [0.3, 0.4) is 0 Å². The Kier molecular flexibility index (Phi) is 4.37. The first kappa shape index (κ1) is 19.4. The Morgan fingerprint density at radius 3 is 2.91 bits per heavy atom. The second-order valence-corrected chi connectivity index (χ2v) is 8.27. The van der Waals surface area contributed by atoms with E-state index in [0.717, 1.165) is 43.7 Å². The number of aryl methyl sites for hydroxylation is 1. The summed E-state index contributed by atoms with van der Waals surface area (Å²) >= 11 is 6.60. The van der Waals surface area contributed by atoms with Crippen LogP contribution in [0.1, 0.15) is 11.3 Å². The number of hydrogen-bond acceptors (Lipinski definition) is 5. The fraction of sp³-hybridized carbons (Fsp3) is 0.0870. The Balaban J connectivity index is 1.45. The van der Waals surface area contributed by atoms with E-state index in [9.17, 15) is 5.21 Å². The van der Waals surface area contributed by atoms with E-state index in [4.69, 9.17) is 11.6 Å². The van der Waals surface area contributed by atoms with Crippen molar-refractivity contribution in [2.24, 2.45) is 0 Å². The van der Waals surface area contributed by atoms with Crippen molar-refractivity contribution in [1.82, 2.24) is 35.0 Å². The summed E-state index contributed by atoms with van der Waals surface area (Å²) in [7, 11) is 0. The first-order valence-corrected chi connectivity index (χ1v) is 10.6. The predicted octanol–water partition coefficient (Wildman–Crippen LogP) is 3.80. The van der Waals surface area contributed by atoms with E-state index >= 15 is 0 Å². The normalized spacial score (nSPS) is 11.6. The van der Waals surface area contributed by atoms with Gasteiger partial charge < -0.3 is 5.21 Å². The molecule has 0 aliphatic heterocycles. The number of benzene rings is 2. The Bertz CT molecular complexity index is 1650. The molecular weight excluding hydrogens is 440 g/mol. The molecule has 9 nitrogen and oxygen atoms in total. The molecule has 10 heteroatoms. The van der Waals surface area contributed by atoms with Crippen molar-refractivity contribution in [2.75, 3.05) is 0 Å². The summed E-state index contributed by atoms with van der Waals surface area (Å²) in [5.74, 6) is 0. The molecule has 0 amide bonds. The number of nitrogens with zero attached hydrogens (tertiary/aromatic N) is 7. The topological polar surface area (TPSA) is 104 Å². The van der Waals surface area contributed by atoms with Gasteiger partial charge in [0.15, 0.2) is 6.20 Å². The molecule has 0 bridgehead atoms. The van der Waals surface area contributed by atoms with Crippen LogP contribution in [-0.4, -0.2) is 35.0 Å². The summed E-state index contributed by atoms with van der Waals surface area (Å²) in [5.41, 5.74) is 6.28. The molecular formula is C23H17ClN8O. The van der Waals surface area contributed by atoms with Crippen molar-refractivity contribution in [1.29, 1.82) is 0 Å². The van der Waals surface area contributed by atoms with E-state index in [1.807, 2.05) is 55.5 Å². The molecule has 0 aliphatic rings. The molecule has 0 atom stereocenters. The Morgan fingerprint density at radius 1 is 1.12 bits per heavy atom. The van der Waals surface area contributed by atoms with Crippen LogP contribution >= 0.6 is 11.6 Å². The van der Waals surface area contributed by atoms with Gasteiger partial charge in [0, 0.05) is 28.8 Å². The highest BCUT2D eigenvalue weighted by Crippen LogP contribution is 2.31. The first-order valence-electron chi connectivity index (χ1n) is 10.3. The summed E-state index contributed by atoms with van der Waals surface area (Å²) in [6.07, 6.45) is 5.04. The van der Waals surface area contributed by atoms with Crippen molar-refractivity contribution in [2.45, 2.75) is 13.5 Å². The maximum atomic E-state index is 12.3. The molecule has 0 aliphatic carbocycles. The quantitative estimate of drug-likeness (QED) is 0.321. The summed E-state index contributed by atoms with van der Waals surface area (Å²) in [5, 5.41) is 33.9. The maximum absolute atomic E-state index is 12.3. The molecule has 6 aromatic rings. The van der Waals surface area contributed by atoms with Gasteiger partial charge in [-0.2, -0.15) is 14.9 Å². The van der Waals surface area contributed by atoms with Crippen LogP contribution in [0.4, 0.5) is 0 Å². The van der Waals surface area contributed by atoms with Gasteiger partial charge in [-0.1, -0.05) is 16.8 Å². The number of hydrogen-bond donors (Lipinski definition) is 1. The number of aromatic nitrogens is 8. The monoisotopic (exact) mass is 456 g/mol. The fourth-order valence-electron chi connectivity index (χ4n) is 3.97. The molecule has 4 heterocycles. The van der Waals surface area contributed by atoms with Crippen molar-refractivity contribution in [3.63, 3.8) is 0 Å². The third kappa shape index (κ3) is 3.30. The Hall–Kier alpha value is -4.24. The van der Waals surface area contributed by atoms with Gasteiger partial charge in [0.1, 0.15) is 12.1 Å². The molecule has 162 valence electrons. The number of nitrogens with one attached hydrogen (secondary N) is 1. The fourth-order valence-corrected chi connectivity index (χ4v) is 4.22. The highest BCUT2D eigenvalue weighted by Gasteiger charge is 2.17. The van der Waals surface area contributed by atoms with Crippen molar-refractivity contribution in [3.05, 3.63) is 88.6 Å².